The third-order valence-corrected chi connectivity index (χ3v) is 13.9. The van der Waals surface area contributed by atoms with Gasteiger partial charge in [-0.1, -0.05) is 89.9 Å². The summed E-state index contributed by atoms with van der Waals surface area (Å²) in [4.78, 5) is 123. The van der Waals surface area contributed by atoms with Gasteiger partial charge in [0.15, 0.2) is 6.29 Å². The van der Waals surface area contributed by atoms with Crippen molar-refractivity contribution in [3.05, 3.63) is 0 Å². The molecule has 0 radical (unpaired) electrons. The first kappa shape index (κ1) is 74.5. The van der Waals surface area contributed by atoms with Crippen molar-refractivity contribution in [1.29, 1.82) is 0 Å². The van der Waals surface area contributed by atoms with Crippen molar-refractivity contribution in [2.45, 2.75) is 185 Å². The molecule has 9 N–H and O–H groups in total. The topological polar surface area (TPSA) is 362 Å². The van der Waals surface area contributed by atoms with Crippen LogP contribution in [0.2, 0.25) is 0 Å². The number of rotatable bonds is 52. The summed E-state index contributed by atoms with van der Waals surface area (Å²) in [5.74, 6) is -6.20. The predicted octanol–water partition coefficient (Wildman–Crippen LogP) is 3.80. The van der Waals surface area contributed by atoms with E-state index in [-0.39, 0.29) is 110 Å². The number of hydrogen-bond donors (Lipinski definition) is 9. The maximum atomic E-state index is 13.1. The van der Waals surface area contributed by atoms with E-state index in [4.69, 9.17) is 33.5 Å². The lowest BCUT2D eigenvalue weighted by Gasteiger charge is -2.28. The Morgan fingerprint density at radius 1 is 0.488 bits per heavy atom. The number of ether oxygens (including phenoxy) is 6. The van der Waals surface area contributed by atoms with Crippen LogP contribution in [0, 0.1) is 11.8 Å². The number of methoxy groups -OCH3 is 2. The van der Waals surface area contributed by atoms with Crippen LogP contribution in [-0.2, 0) is 71.6 Å². The highest BCUT2D eigenvalue weighted by Gasteiger charge is 2.31. The van der Waals surface area contributed by atoms with E-state index in [1.165, 1.54) is 85.5 Å². The number of hydrogen-bond acceptors (Lipinski definition) is 16. The Morgan fingerprint density at radius 2 is 0.976 bits per heavy atom. The van der Waals surface area contributed by atoms with Crippen molar-refractivity contribution in [3.63, 3.8) is 0 Å². The van der Waals surface area contributed by atoms with E-state index in [9.17, 15) is 58.2 Å². The molecule has 26 heteroatoms. The zero-order chi connectivity index (χ0) is 60.6. The Balaban J connectivity index is 2.19. The molecule has 2 atom stereocenters. The SMILES string of the molecule is COC(CNC(=O)N(C)C(=O)COCCOCCNC(=O)COCCOCCNC(=O)[C@H](CCC(=O)O)NC(=O)CC[C@H](NC(=O)[C@H]1CC[C@H](CNC(=O)CCCCCCCCCCCCCCCCCCC(=O)O)CC1)C(=O)O)OC. The highest BCUT2D eigenvalue weighted by atomic mass is 16.7. The Morgan fingerprint density at radius 3 is 1.50 bits per heavy atom. The molecule has 26 nitrogen and oxygen atoms in total. The number of carbonyl (C=O) groups excluding carboxylic acids is 7. The second kappa shape index (κ2) is 48.9. The normalized spacial score (nSPS) is 14.7. The van der Waals surface area contributed by atoms with Gasteiger partial charge in [0.05, 0.1) is 46.2 Å². The monoisotopic (exact) mass is 1170 g/mol. The maximum Gasteiger partial charge on any atom is 0.326 e. The Kier molecular flexibility index (Phi) is 44.4. The van der Waals surface area contributed by atoms with Gasteiger partial charge in [-0.25, -0.2) is 9.59 Å². The van der Waals surface area contributed by atoms with E-state index in [1.807, 2.05) is 0 Å². The van der Waals surface area contributed by atoms with Crippen LogP contribution in [0.25, 0.3) is 0 Å². The Bertz CT molecular complexity index is 1840. The van der Waals surface area contributed by atoms with Crippen LogP contribution in [0.15, 0.2) is 0 Å². The minimum Gasteiger partial charge on any atom is -0.481 e. The summed E-state index contributed by atoms with van der Waals surface area (Å²) >= 11 is 0. The quantitative estimate of drug-likeness (QED) is 0.0309. The van der Waals surface area contributed by atoms with Gasteiger partial charge in [0.1, 0.15) is 25.3 Å². The molecule has 0 heterocycles. The summed E-state index contributed by atoms with van der Waals surface area (Å²) in [5, 5.41) is 43.5. The van der Waals surface area contributed by atoms with E-state index in [1.54, 1.807) is 0 Å². The number of urea groups is 1. The summed E-state index contributed by atoms with van der Waals surface area (Å²) in [5.41, 5.74) is 0. The lowest BCUT2D eigenvalue weighted by atomic mass is 9.81. The number of carbonyl (C=O) groups is 10. The van der Waals surface area contributed by atoms with Gasteiger partial charge in [-0.05, 0) is 57.3 Å². The lowest BCUT2D eigenvalue weighted by molar-refractivity contribution is -0.143. The van der Waals surface area contributed by atoms with Gasteiger partial charge in [0.25, 0.3) is 5.91 Å². The molecule has 1 rings (SSSR count). The van der Waals surface area contributed by atoms with Gasteiger partial charge in [-0.15, -0.1) is 0 Å². The largest absolute Gasteiger partial charge is 0.481 e. The van der Waals surface area contributed by atoms with Crippen molar-refractivity contribution in [3.8, 4) is 0 Å². The first-order valence-electron chi connectivity index (χ1n) is 29.4. The molecular weight excluding hydrogens is 1070 g/mol. The van der Waals surface area contributed by atoms with E-state index in [0.29, 0.717) is 38.6 Å². The molecule has 1 aliphatic carbocycles. The molecule has 1 fully saturated rings. The number of nitrogens with one attached hydrogen (secondary N) is 6. The third kappa shape index (κ3) is 40.6. The zero-order valence-corrected chi connectivity index (χ0v) is 49.1. The molecule has 0 bridgehead atoms. The smallest absolute Gasteiger partial charge is 0.326 e. The summed E-state index contributed by atoms with van der Waals surface area (Å²) in [6.45, 7) is 0.669. The highest BCUT2D eigenvalue weighted by Crippen LogP contribution is 2.29. The number of carboxylic acid groups (broad SMARTS) is 3. The fraction of sp³-hybridized carbons (Fsp3) is 0.821. The van der Waals surface area contributed by atoms with Crippen molar-refractivity contribution >= 4 is 59.4 Å². The highest BCUT2D eigenvalue weighted by molar-refractivity contribution is 5.94. The fourth-order valence-electron chi connectivity index (χ4n) is 8.85. The molecule has 0 aromatic rings. The van der Waals surface area contributed by atoms with Crippen LogP contribution in [0.3, 0.4) is 0 Å². The van der Waals surface area contributed by atoms with Gasteiger partial charge >= 0.3 is 23.9 Å². The van der Waals surface area contributed by atoms with Crippen LogP contribution < -0.4 is 31.9 Å². The molecule has 1 aliphatic rings. The number of imide groups is 1. The van der Waals surface area contributed by atoms with Crippen LogP contribution in [0.1, 0.15) is 167 Å². The summed E-state index contributed by atoms with van der Waals surface area (Å²) in [6, 6.07) is -3.26. The third-order valence-electron chi connectivity index (χ3n) is 13.9. The first-order chi connectivity index (χ1) is 39.5. The van der Waals surface area contributed by atoms with Crippen molar-refractivity contribution in [2.24, 2.45) is 11.8 Å². The van der Waals surface area contributed by atoms with E-state index in [2.05, 4.69) is 31.9 Å². The van der Waals surface area contributed by atoms with Gasteiger partial charge in [0.2, 0.25) is 29.5 Å². The second-order valence-corrected chi connectivity index (χ2v) is 20.6. The summed E-state index contributed by atoms with van der Waals surface area (Å²) in [7, 11) is 4.13. The van der Waals surface area contributed by atoms with Gasteiger partial charge in [0, 0.05) is 72.5 Å². The van der Waals surface area contributed by atoms with Crippen molar-refractivity contribution in [2.75, 3.05) is 100 Å². The molecule has 0 unspecified atom stereocenters. The molecule has 1 saturated carbocycles. The number of likely N-dealkylation sites (N-methyl/N-ethyl adjacent to an activating group) is 1. The van der Waals surface area contributed by atoms with E-state index in [0.717, 1.165) is 43.4 Å². The summed E-state index contributed by atoms with van der Waals surface area (Å²) in [6.07, 6.45) is 19.6. The zero-order valence-electron chi connectivity index (χ0n) is 49.1. The molecule has 82 heavy (non-hydrogen) atoms. The van der Waals surface area contributed by atoms with Crippen molar-refractivity contribution in [1.82, 2.24) is 36.8 Å². The maximum absolute atomic E-state index is 13.1. The molecule has 8 amide bonds. The minimum atomic E-state index is -1.37. The first-order valence-corrected chi connectivity index (χ1v) is 29.4. The van der Waals surface area contributed by atoms with E-state index < -0.39 is 84.2 Å². The van der Waals surface area contributed by atoms with Crippen LogP contribution in [-0.4, -0.2) is 198 Å². The van der Waals surface area contributed by atoms with Gasteiger partial charge < -0.3 is 75.6 Å². The number of aliphatic carboxylic acids is 3. The number of unbranched alkanes of at least 4 members (excludes halogenated alkanes) is 15. The Hall–Kier alpha value is -5.54. The molecular formula is C56H99N7O19. The second-order valence-electron chi connectivity index (χ2n) is 20.6. The van der Waals surface area contributed by atoms with E-state index >= 15 is 0 Å². The number of nitrogens with zero attached hydrogens (tertiary/aromatic N) is 1. The summed E-state index contributed by atoms with van der Waals surface area (Å²) < 4.78 is 31.2. The molecule has 0 aromatic heterocycles. The molecule has 0 saturated heterocycles. The molecule has 0 aromatic carbocycles. The predicted molar refractivity (Wildman–Crippen MR) is 300 cm³/mol. The standard InChI is InChI=1S/C56H99N7O19/c1-63(56(76)60-39-52(77-2)78-3)49(67)41-82-37-35-79-32-30-57-48(66)40-81-36-34-80-33-31-58-54(73)44(27-29-51(70)71)61-47(65)28-26-45(55(74)75)62-53(72)43-24-22-42(23-25-43)38-59-46(64)20-18-16-14-12-10-8-6-4-5-7-9-11-13-15-17-19-21-50(68)69/h42-45,52H,4-41H2,1-3H3,(H,57,66)(H,58,73)(H,59,64)(H,60,76)(H,61,65)(H,62,72)(H,68,69)(H,70,71)(H,74,75)/t42-,43-,44-,45-/m0/s1. The number of amides is 8. The molecule has 0 spiro atoms. The average Bonchev–Trinajstić information content (AvgIpc) is 3.45. The van der Waals surface area contributed by atoms with Gasteiger partial charge in [-0.2, -0.15) is 0 Å². The van der Waals surface area contributed by atoms with Crippen LogP contribution >= 0.6 is 0 Å². The van der Waals surface area contributed by atoms with Crippen LogP contribution in [0.5, 0.6) is 0 Å². The van der Waals surface area contributed by atoms with Crippen LogP contribution in [0.4, 0.5) is 4.79 Å². The minimum absolute atomic E-state index is 0.00411. The van der Waals surface area contributed by atoms with Crippen molar-refractivity contribution < 1.29 is 91.7 Å². The Labute approximate surface area is 484 Å². The lowest BCUT2D eigenvalue weighted by Crippen LogP contribution is -2.48. The van der Waals surface area contributed by atoms with Gasteiger partial charge in [-0.3, -0.25) is 43.3 Å². The fourth-order valence-corrected chi connectivity index (χ4v) is 8.85. The number of carboxylic acids is 3. The average molecular weight is 1170 g/mol. The molecule has 472 valence electrons. The molecule has 0 aliphatic heterocycles.